The molecule has 0 atom stereocenters. The fraction of sp³-hybridized carbons (Fsp3) is 0.111. The number of nitrogens with zero attached hydrogens (tertiary/aromatic N) is 1. The maximum atomic E-state index is 6.65. The summed E-state index contributed by atoms with van der Waals surface area (Å²) in [7, 11) is 0. The lowest BCUT2D eigenvalue weighted by Gasteiger charge is -1.99. The molecule has 0 aliphatic heterocycles. The first kappa shape index (κ1) is 8.46. The van der Waals surface area contributed by atoms with E-state index in [4.69, 9.17) is 5.41 Å². The molecule has 0 spiro atoms. The van der Waals surface area contributed by atoms with Crippen LogP contribution in [-0.4, -0.2) is 12.7 Å². The van der Waals surface area contributed by atoms with Crippen LogP contribution < -0.4 is 5.32 Å². The highest BCUT2D eigenvalue weighted by Crippen LogP contribution is 2.07. The van der Waals surface area contributed by atoms with E-state index in [-0.39, 0.29) is 0 Å². The zero-order valence-electron chi connectivity index (χ0n) is 6.91. The number of aryl methyl sites for hydroxylation is 1. The first-order chi connectivity index (χ1) is 5.83. The topological polar surface area (TPSA) is 48.2 Å². The number of anilines is 1. The van der Waals surface area contributed by atoms with Crippen molar-refractivity contribution in [2.24, 2.45) is 4.99 Å². The number of benzene rings is 1. The smallest absolute Gasteiger partial charge is 0.108 e. The van der Waals surface area contributed by atoms with E-state index in [9.17, 15) is 0 Å². The van der Waals surface area contributed by atoms with Crippen LogP contribution in [0.5, 0.6) is 0 Å². The molecule has 1 aromatic carbocycles. The standard InChI is InChI=1S/C9H11N3/c1-8-3-2-4-9(5-8)12-7-11-6-10/h2-7H,1H3,(H2,10,11,12). The van der Waals surface area contributed by atoms with E-state index in [2.05, 4.69) is 10.3 Å². The molecular formula is C9H11N3. The molecule has 0 aliphatic rings. The Kier molecular flexibility index (Phi) is 3.02. The van der Waals surface area contributed by atoms with Gasteiger partial charge in [-0.05, 0) is 24.6 Å². The summed E-state index contributed by atoms with van der Waals surface area (Å²) in [6.45, 7) is 2.03. The van der Waals surface area contributed by atoms with Gasteiger partial charge in [0.1, 0.15) is 6.34 Å². The van der Waals surface area contributed by atoms with Crippen LogP contribution in [0.2, 0.25) is 0 Å². The molecule has 0 saturated heterocycles. The molecule has 0 saturated carbocycles. The lowest BCUT2D eigenvalue weighted by Crippen LogP contribution is -1.94. The SMILES string of the molecule is Cc1cccc(N/C=N\C=N)c1. The van der Waals surface area contributed by atoms with Crippen molar-refractivity contribution >= 4 is 18.4 Å². The normalized spacial score (nSPS) is 10.1. The highest BCUT2D eigenvalue weighted by atomic mass is 14.9. The van der Waals surface area contributed by atoms with Crippen molar-refractivity contribution in [3.05, 3.63) is 29.8 Å². The molecule has 0 heterocycles. The molecule has 3 nitrogen and oxygen atoms in total. The van der Waals surface area contributed by atoms with E-state index in [0.29, 0.717) is 0 Å². The van der Waals surface area contributed by atoms with Crippen LogP contribution in [-0.2, 0) is 0 Å². The van der Waals surface area contributed by atoms with E-state index in [1.807, 2.05) is 31.2 Å². The molecule has 0 aliphatic carbocycles. The second-order valence-corrected chi connectivity index (χ2v) is 2.42. The van der Waals surface area contributed by atoms with Gasteiger partial charge in [-0.3, -0.25) is 5.41 Å². The minimum atomic E-state index is 0.987. The third-order valence-electron chi connectivity index (χ3n) is 1.40. The van der Waals surface area contributed by atoms with Gasteiger partial charge in [0.2, 0.25) is 0 Å². The van der Waals surface area contributed by atoms with E-state index >= 15 is 0 Å². The average Bonchev–Trinajstić information content (AvgIpc) is 2.05. The van der Waals surface area contributed by atoms with Crippen molar-refractivity contribution in [2.75, 3.05) is 5.32 Å². The summed E-state index contributed by atoms with van der Waals surface area (Å²) in [4.78, 5) is 3.60. The zero-order chi connectivity index (χ0) is 8.81. The fourth-order valence-electron chi connectivity index (χ4n) is 0.884. The third-order valence-corrected chi connectivity index (χ3v) is 1.40. The lowest BCUT2D eigenvalue weighted by atomic mass is 10.2. The maximum absolute atomic E-state index is 6.65. The Labute approximate surface area is 71.7 Å². The van der Waals surface area contributed by atoms with Gasteiger partial charge < -0.3 is 5.32 Å². The Morgan fingerprint density at radius 3 is 3.00 bits per heavy atom. The molecule has 12 heavy (non-hydrogen) atoms. The van der Waals surface area contributed by atoms with Gasteiger partial charge in [-0.15, -0.1) is 0 Å². The van der Waals surface area contributed by atoms with Gasteiger partial charge in [0.15, 0.2) is 0 Å². The van der Waals surface area contributed by atoms with Gasteiger partial charge in [-0.2, -0.15) is 0 Å². The first-order valence-corrected chi connectivity index (χ1v) is 3.67. The molecule has 0 amide bonds. The molecule has 0 radical (unpaired) electrons. The van der Waals surface area contributed by atoms with E-state index in [0.717, 1.165) is 12.0 Å². The molecule has 0 unspecified atom stereocenters. The minimum absolute atomic E-state index is 0.987. The quantitative estimate of drug-likeness (QED) is 0.517. The summed E-state index contributed by atoms with van der Waals surface area (Å²) in [6, 6.07) is 7.95. The maximum Gasteiger partial charge on any atom is 0.108 e. The van der Waals surface area contributed by atoms with Crippen LogP contribution in [0, 0.1) is 12.3 Å². The third kappa shape index (κ3) is 2.54. The molecule has 3 heteroatoms. The van der Waals surface area contributed by atoms with E-state index in [1.54, 1.807) is 0 Å². The summed E-state index contributed by atoms with van der Waals surface area (Å²) in [5.74, 6) is 0. The van der Waals surface area contributed by atoms with Gasteiger partial charge in [-0.1, -0.05) is 12.1 Å². The Balaban J connectivity index is 2.63. The van der Waals surface area contributed by atoms with Crippen LogP contribution in [0.1, 0.15) is 5.56 Å². The second-order valence-electron chi connectivity index (χ2n) is 2.42. The van der Waals surface area contributed by atoms with Crippen molar-refractivity contribution in [3.8, 4) is 0 Å². The monoisotopic (exact) mass is 161 g/mol. The van der Waals surface area contributed by atoms with Gasteiger partial charge in [-0.25, -0.2) is 4.99 Å². The Hall–Kier alpha value is -1.64. The van der Waals surface area contributed by atoms with Gasteiger partial charge in [0.05, 0.1) is 6.34 Å². The van der Waals surface area contributed by atoms with Crippen LogP contribution in [0.15, 0.2) is 29.3 Å². The molecular weight excluding hydrogens is 150 g/mol. The number of hydrogen-bond acceptors (Lipinski definition) is 1. The zero-order valence-corrected chi connectivity index (χ0v) is 6.91. The highest BCUT2D eigenvalue weighted by Gasteiger charge is 1.87. The Morgan fingerprint density at radius 1 is 1.50 bits per heavy atom. The lowest BCUT2D eigenvalue weighted by molar-refractivity contribution is 1.46. The van der Waals surface area contributed by atoms with Crippen molar-refractivity contribution < 1.29 is 0 Å². The summed E-state index contributed by atoms with van der Waals surface area (Å²) in [5, 5.41) is 9.59. The Bertz CT molecular complexity index is 292. The minimum Gasteiger partial charge on any atom is -0.346 e. The van der Waals surface area contributed by atoms with Crippen molar-refractivity contribution in [1.82, 2.24) is 0 Å². The van der Waals surface area contributed by atoms with Crippen LogP contribution in [0.25, 0.3) is 0 Å². The summed E-state index contributed by atoms with van der Waals surface area (Å²) in [5.41, 5.74) is 2.18. The molecule has 1 rings (SSSR count). The summed E-state index contributed by atoms with van der Waals surface area (Å²) in [6.07, 6.45) is 2.48. The van der Waals surface area contributed by atoms with Crippen LogP contribution in [0.4, 0.5) is 5.69 Å². The highest BCUT2D eigenvalue weighted by molar-refractivity contribution is 5.81. The Morgan fingerprint density at radius 2 is 2.33 bits per heavy atom. The van der Waals surface area contributed by atoms with Crippen molar-refractivity contribution in [3.63, 3.8) is 0 Å². The predicted octanol–water partition coefficient (Wildman–Crippen LogP) is 2.04. The molecule has 2 N–H and O–H groups in total. The number of rotatable bonds is 3. The first-order valence-electron chi connectivity index (χ1n) is 3.67. The van der Waals surface area contributed by atoms with Gasteiger partial charge in [0, 0.05) is 5.69 Å². The largest absolute Gasteiger partial charge is 0.346 e. The van der Waals surface area contributed by atoms with Crippen LogP contribution >= 0.6 is 0 Å². The van der Waals surface area contributed by atoms with Crippen LogP contribution in [0.3, 0.4) is 0 Å². The van der Waals surface area contributed by atoms with Gasteiger partial charge >= 0.3 is 0 Å². The predicted molar refractivity (Wildman–Crippen MR) is 52.1 cm³/mol. The van der Waals surface area contributed by atoms with Crippen molar-refractivity contribution in [2.45, 2.75) is 6.92 Å². The van der Waals surface area contributed by atoms with Crippen molar-refractivity contribution in [1.29, 1.82) is 5.41 Å². The van der Waals surface area contributed by atoms with E-state index < -0.39 is 0 Å². The summed E-state index contributed by atoms with van der Waals surface area (Å²) < 4.78 is 0. The number of aliphatic imine (C=N–C) groups is 1. The van der Waals surface area contributed by atoms with E-state index in [1.165, 1.54) is 11.9 Å². The molecule has 62 valence electrons. The number of hydrogen-bond donors (Lipinski definition) is 2. The molecule has 0 bridgehead atoms. The average molecular weight is 161 g/mol. The molecule has 0 fully saturated rings. The van der Waals surface area contributed by atoms with Gasteiger partial charge in [0.25, 0.3) is 0 Å². The summed E-state index contributed by atoms with van der Waals surface area (Å²) >= 11 is 0. The molecule has 0 aromatic heterocycles. The number of nitrogens with one attached hydrogen (secondary N) is 2. The molecule has 1 aromatic rings. The fourth-order valence-corrected chi connectivity index (χ4v) is 0.884. The second kappa shape index (κ2) is 4.28.